The molecule has 0 aliphatic heterocycles. The largest absolute Gasteiger partial charge is 0.497 e. The lowest BCUT2D eigenvalue weighted by Gasteiger charge is -2.20. The number of carbonyl (C=O) groups excluding carboxylic acids is 2. The minimum absolute atomic E-state index is 0.0244. The summed E-state index contributed by atoms with van der Waals surface area (Å²) in [5, 5.41) is 2.57. The molecule has 2 rings (SSSR count). The number of methoxy groups -OCH3 is 2. The van der Waals surface area contributed by atoms with Crippen LogP contribution in [0.5, 0.6) is 11.5 Å². The van der Waals surface area contributed by atoms with Gasteiger partial charge in [0.1, 0.15) is 17.5 Å². The van der Waals surface area contributed by atoms with E-state index in [1.165, 1.54) is 26.4 Å². The molecule has 1 amide bonds. The fourth-order valence-corrected chi connectivity index (χ4v) is 3.97. The number of ether oxygens (including phenoxy) is 3. The molecular weight excluding hydrogens is 424 g/mol. The second-order valence-corrected chi connectivity index (χ2v) is 8.59. The standard InChI is InChI=1S/C21H26N2O7S/c1-14(2)20(23-31(26,27)16-8-6-5-7-9-16)21(25)30-13-19(24)22-17-12-15(28-3)10-11-18(17)29-4/h5-12,14,20,23H,13H2,1-4H3,(H,22,24)/t20-/m1/s1. The van der Waals surface area contributed by atoms with Crippen LogP contribution in [-0.4, -0.2) is 47.2 Å². The first-order chi connectivity index (χ1) is 14.7. The molecule has 2 aromatic carbocycles. The van der Waals surface area contributed by atoms with Gasteiger partial charge in [-0.05, 0) is 30.2 Å². The second kappa shape index (κ2) is 10.8. The van der Waals surface area contributed by atoms with Crippen LogP contribution in [0, 0.1) is 5.92 Å². The van der Waals surface area contributed by atoms with Gasteiger partial charge in [0, 0.05) is 6.07 Å². The first-order valence-electron chi connectivity index (χ1n) is 9.44. The Kier molecular flexibility index (Phi) is 8.40. The van der Waals surface area contributed by atoms with Gasteiger partial charge in [-0.1, -0.05) is 32.0 Å². The van der Waals surface area contributed by atoms with Gasteiger partial charge in [-0.3, -0.25) is 9.59 Å². The summed E-state index contributed by atoms with van der Waals surface area (Å²) in [6.45, 7) is 2.73. The average molecular weight is 451 g/mol. The Bertz CT molecular complexity index is 1010. The molecule has 10 heteroatoms. The van der Waals surface area contributed by atoms with Crippen molar-refractivity contribution in [1.29, 1.82) is 0 Å². The number of hydrogen-bond donors (Lipinski definition) is 2. The summed E-state index contributed by atoms with van der Waals surface area (Å²) in [5.74, 6) is -0.984. The van der Waals surface area contributed by atoms with E-state index >= 15 is 0 Å². The fourth-order valence-electron chi connectivity index (χ4n) is 2.62. The Hall–Kier alpha value is -3.11. The van der Waals surface area contributed by atoms with Gasteiger partial charge in [0.05, 0.1) is 24.8 Å². The molecule has 0 aliphatic rings. The molecule has 0 aliphatic carbocycles. The van der Waals surface area contributed by atoms with Crippen LogP contribution in [0.1, 0.15) is 13.8 Å². The highest BCUT2D eigenvalue weighted by Crippen LogP contribution is 2.28. The molecule has 0 unspecified atom stereocenters. The molecule has 0 saturated carbocycles. The maximum absolute atomic E-state index is 12.5. The molecule has 0 heterocycles. The Labute approximate surface area is 181 Å². The SMILES string of the molecule is COc1ccc(OC)c(NC(=O)COC(=O)[C@H](NS(=O)(=O)c2ccccc2)C(C)C)c1. The first kappa shape index (κ1) is 24.2. The monoisotopic (exact) mass is 450 g/mol. The van der Waals surface area contributed by atoms with Gasteiger partial charge in [-0.15, -0.1) is 0 Å². The molecule has 2 N–H and O–H groups in total. The smallest absolute Gasteiger partial charge is 0.324 e. The van der Waals surface area contributed by atoms with Crippen LogP contribution in [0.4, 0.5) is 5.69 Å². The van der Waals surface area contributed by atoms with E-state index in [1.807, 2.05) is 0 Å². The van der Waals surface area contributed by atoms with Crippen molar-refractivity contribution in [3.8, 4) is 11.5 Å². The summed E-state index contributed by atoms with van der Waals surface area (Å²) < 4.78 is 42.8. The normalized spacial score (nSPS) is 12.2. The molecule has 9 nitrogen and oxygen atoms in total. The highest BCUT2D eigenvalue weighted by Gasteiger charge is 2.30. The van der Waals surface area contributed by atoms with Crippen molar-refractivity contribution >= 4 is 27.6 Å². The number of hydrogen-bond acceptors (Lipinski definition) is 7. The van der Waals surface area contributed by atoms with E-state index in [-0.39, 0.29) is 4.90 Å². The van der Waals surface area contributed by atoms with Crippen molar-refractivity contribution in [2.75, 3.05) is 26.1 Å². The number of rotatable bonds is 10. The third-order valence-electron chi connectivity index (χ3n) is 4.28. The third-order valence-corrected chi connectivity index (χ3v) is 5.74. The first-order valence-corrected chi connectivity index (χ1v) is 10.9. The van der Waals surface area contributed by atoms with Crippen LogP contribution in [0.15, 0.2) is 53.4 Å². The zero-order valence-corrected chi connectivity index (χ0v) is 18.6. The van der Waals surface area contributed by atoms with E-state index in [4.69, 9.17) is 14.2 Å². The van der Waals surface area contributed by atoms with Crippen LogP contribution in [-0.2, 0) is 24.3 Å². The van der Waals surface area contributed by atoms with Crippen LogP contribution in [0.2, 0.25) is 0 Å². The van der Waals surface area contributed by atoms with E-state index in [1.54, 1.807) is 50.2 Å². The molecule has 0 spiro atoms. The predicted molar refractivity (Wildman–Crippen MR) is 115 cm³/mol. The van der Waals surface area contributed by atoms with Crippen LogP contribution >= 0.6 is 0 Å². The Morgan fingerprint density at radius 3 is 2.26 bits per heavy atom. The van der Waals surface area contributed by atoms with Crippen molar-refractivity contribution in [3.63, 3.8) is 0 Å². The molecule has 0 bridgehead atoms. The van der Waals surface area contributed by atoms with Gasteiger partial charge in [-0.2, -0.15) is 4.72 Å². The van der Waals surface area contributed by atoms with Gasteiger partial charge in [-0.25, -0.2) is 8.42 Å². The number of esters is 1. The van der Waals surface area contributed by atoms with Crippen molar-refractivity contribution in [2.45, 2.75) is 24.8 Å². The number of nitrogens with one attached hydrogen (secondary N) is 2. The number of benzene rings is 2. The van der Waals surface area contributed by atoms with Gasteiger partial charge in [0.15, 0.2) is 6.61 Å². The van der Waals surface area contributed by atoms with Crippen molar-refractivity contribution in [1.82, 2.24) is 4.72 Å². The van der Waals surface area contributed by atoms with Crippen LogP contribution in [0.25, 0.3) is 0 Å². The van der Waals surface area contributed by atoms with E-state index in [9.17, 15) is 18.0 Å². The molecule has 0 saturated heterocycles. The second-order valence-electron chi connectivity index (χ2n) is 6.88. The maximum atomic E-state index is 12.5. The average Bonchev–Trinajstić information content (AvgIpc) is 2.76. The lowest BCUT2D eigenvalue weighted by molar-refractivity contribution is -0.150. The molecule has 2 aromatic rings. The number of sulfonamides is 1. The molecule has 0 fully saturated rings. The minimum Gasteiger partial charge on any atom is -0.497 e. The zero-order chi connectivity index (χ0) is 23.0. The highest BCUT2D eigenvalue weighted by molar-refractivity contribution is 7.89. The zero-order valence-electron chi connectivity index (χ0n) is 17.7. The van der Waals surface area contributed by atoms with Crippen LogP contribution < -0.4 is 19.5 Å². The summed E-state index contributed by atoms with van der Waals surface area (Å²) in [5.41, 5.74) is 0.341. The minimum atomic E-state index is -3.94. The third kappa shape index (κ3) is 6.69. The number of amides is 1. The molecule has 1 atom stereocenters. The van der Waals surface area contributed by atoms with Gasteiger partial charge in [0.25, 0.3) is 5.91 Å². The molecule has 0 aromatic heterocycles. The molecule has 31 heavy (non-hydrogen) atoms. The lowest BCUT2D eigenvalue weighted by atomic mass is 10.1. The van der Waals surface area contributed by atoms with Gasteiger partial charge < -0.3 is 19.5 Å². The van der Waals surface area contributed by atoms with E-state index in [2.05, 4.69) is 10.0 Å². The molecule has 168 valence electrons. The maximum Gasteiger partial charge on any atom is 0.324 e. The number of anilines is 1. The fraction of sp³-hybridized carbons (Fsp3) is 0.333. The van der Waals surface area contributed by atoms with Gasteiger partial charge >= 0.3 is 5.97 Å². The Balaban J connectivity index is 2.03. The van der Waals surface area contributed by atoms with Gasteiger partial charge in [0.2, 0.25) is 10.0 Å². The summed E-state index contributed by atoms with van der Waals surface area (Å²) in [4.78, 5) is 24.8. The van der Waals surface area contributed by atoms with E-state index < -0.39 is 40.5 Å². The van der Waals surface area contributed by atoms with Crippen molar-refractivity contribution < 1.29 is 32.2 Å². The van der Waals surface area contributed by atoms with E-state index in [0.717, 1.165) is 0 Å². The lowest BCUT2D eigenvalue weighted by Crippen LogP contribution is -2.45. The number of carbonyl (C=O) groups is 2. The summed E-state index contributed by atoms with van der Waals surface area (Å²) >= 11 is 0. The Morgan fingerprint density at radius 2 is 1.68 bits per heavy atom. The van der Waals surface area contributed by atoms with Crippen molar-refractivity contribution in [3.05, 3.63) is 48.5 Å². The summed E-state index contributed by atoms with van der Waals surface area (Å²) in [7, 11) is -1.00. The molecule has 0 radical (unpaired) electrons. The summed E-state index contributed by atoms with van der Waals surface area (Å²) in [6, 6.07) is 11.4. The topological polar surface area (TPSA) is 120 Å². The summed E-state index contributed by atoms with van der Waals surface area (Å²) in [6.07, 6.45) is 0. The van der Waals surface area contributed by atoms with E-state index in [0.29, 0.717) is 17.2 Å². The van der Waals surface area contributed by atoms with Crippen LogP contribution in [0.3, 0.4) is 0 Å². The predicted octanol–water partition coefficient (Wildman–Crippen LogP) is 2.19. The van der Waals surface area contributed by atoms with Crippen molar-refractivity contribution in [2.24, 2.45) is 5.92 Å². The quantitative estimate of drug-likeness (QED) is 0.533. The highest BCUT2D eigenvalue weighted by atomic mass is 32.2. The molecular formula is C21H26N2O7S. The Morgan fingerprint density at radius 1 is 1.00 bits per heavy atom.